The molecular formula is C11H12N2O3. The summed E-state index contributed by atoms with van der Waals surface area (Å²) in [7, 11) is 0. The molecule has 1 aromatic rings. The quantitative estimate of drug-likeness (QED) is 0.755. The largest absolute Gasteiger partial charge is 0.478 e. The van der Waals surface area contributed by atoms with E-state index >= 15 is 0 Å². The number of carbonyl (C=O) groups is 2. The highest BCUT2D eigenvalue weighted by molar-refractivity contribution is 6.07. The molecule has 0 saturated carbocycles. The van der Waals surface area contributed by atoms with Crippen molar-refractivity contribution in [1.29, 1.82) is 0 Å². The van der Waals surface area contributed by atoms with E-state index in [0.717, 1.165) is 0 Å². The molecular weight excluding hydrogens is 208 g/mol. The molecule has 84 valence electrons. The van der Waals surface area contributed by atoms with E-state index < -0.39 is 11.9 Å². The molecule has 0 radical (unpaired) electrons. The lowest BCUT2D eigenvalue weighted by Gasteiger charge is -2.06. The minimum atomic E-state index is -1.10. The van der Waals surface area contributed by atoms with Crippen molar-refractivity contribution < 1.29 is 14.7 Å². The number of aromatic nitrogens is 1. The maximum absolute atomic E-state index is 11.6. The molecule has 1 heterocycles. The summed E-state index contributed by atoms with van der Waals surface area (Å²) in [6.07, 6.45) is 3.08. The van der Waals surface area contributed by atoms with Crippen molar-refractivity contribution >= 4 is 17.6 Å². The molecule has 0 aliphatic carbocycles. The second-order valence-corrected chi connectivity index (χ2v) is 3.25. The molecule has 5 heteroatoms. The van der Waals surface area contributed by atoms with E-state index in [9.17, 15) is 9.59 Å². The van der Waals surface area contributed by atoms with Gasteiger partial charge in [0, 0.05) is 29.2 Å². The Bertz CT molecular complexity index is 438. The lowest BCUT2D eigenvalue weighted by atomic mass is 10.1. The zero-order chi connectivity index (χ0) is 12.1. The van der Waals surface area contributed by atoms with Crippen LogP contribution in [0.2, 0.25) is 0 Å². The number of rotatable bonds is 3. The lowest BCUT2D eigenvalue weighted by Crippen LogP contribution is -2.16. The van der Waals surface area contributed by atoms with Gasteiger partial charge in [-0.3, -0.25) is 9.78 Å². The third kappa shape index (κ3) is 2.91. The fraction of sp³-hybridized carbons (Fsp3) is 0.182. The van der Waals surface area contributed by atoms with E-state index in [-0.39, 0.29) is 11.1 Å². The SMILES string of the molecule is CC(C(=O)O)=C(C)C(=O)Nc1ccncc1. The average Bonchev–Trinajstić information content (AvgIpc) is 2.28. The number of nitrogens with one attached hydrogen (secondary N) is 1. The minimum Gasteiger partial charge on any atom is -0.478 e. The van der Waals surface area contributed by atoms with Crippen molar-refractivity contribution in [3.63, 3.8) is 0 Å². The first-order chi connectivity index (χ1) is 7.52. The normalized spacial score (nSPS) is 11.6. The lowest BCUT2D eigenvalue weighted by molar-refractivity contribution is -0.133. The molecule has 0 aliphatic heterocycles. The van der Waals surface area contributed by atoms with Gasteiger partial charge in [0.05, 0.1) is 0 Å². The van der Waals surface area contributed by atoms with Crippen LogP contribution in [-0.4, -0.2) is 22.0 Å². The Kier molecular flexibility index (Phi) is 3.77. The molecule has 0 fully saturated rings. The van der Waals surface area contributed by atoms with Gasteiger partial charge in [0.2, 0.25) is 0 Å². The van der Waals surface area contributed by atoms with Gasteiger partial charge < -0.3 is 10.4 Å². The molecule has 2 N–H and O–H groups in total. The molecule has 1 rings (SSSR count). The standard InChI is InChI=1S/C11H12N2O3/c1-7(8(2)11(15)16)10(14)13-9-3-5-12-6-4-9/h3-6H,1-2H3,(H,15,16)(H,12,13,14). The monoisotopic (exact) mass is 220 g/mol. The molecule has 0 atom stereocenters. The van der Waals surface area contributed by atoms with Crippen LogP contribution in [0.5, 0.6) is 0 Å². The van der Waals surface area contributed by atoms with Crippen LogP contribution in [0.1, 0.15) is 13.8 Å². The van der Waals surface area contributed by atoms with Crippen LogP contribution in [-0.2, 0) is 9.59 Å². The van der Waals surface area contributed by atoms with Crippen molar-refractivity contribution in [3.05, 3.63) is 35.7 Å². The Hall–Kier alpha value is -2.17. The molecule has 0 bridgehead atoms. The van der Waals surface area contributed by atoms with Gasteiger partial charge >= 0.3 is 5.97 Å². The summed E-state index contributed by atoms with van der Waals surface area (Å²) in [5.41, 5.74) is 0.799. The maximum atomic E-state index is 11.6. The number of anilines is 1. The van der Waals surface area contributed by atoms with E-state index in [1.165, 1.54) is 13.8 Å². The fourth-order valence-corrected chi connectivity index (χ4v) is 0.991. The number of nitrogens with zero attached hydrogens (tertiary/aromatic N) is 1. The third-order valence-electron chi connectivity index (χ3n) is 2.16. The number of aliphatic carboxylic acids is 1. The van der Waals surface area contributed by atoms with Gasteiger partial charge in [-0.1, -0.05) is 0 Å². The summed E-state index contributed by atoms with van der Waals surface area (Å²) >= 11 is 0. The van der Waals surface area contributed by atoms with Crippen molar-refractivity contribution in [2.24, 2.45) is 0 Å². The zero-order valence-corrected chi connectivity index (χ0v) is 9.02. The fourth-order valence-electron chi connectivity index (χ4n) is 0.991. The van der Waals surface area contributed by atoms with E-state index in [2.05, 4.69) is 10.3 Å². The maximum Gasteiger partial charge on any atom is 0.331 e. The number of carboxylic acid groups (broad SMARTS) is 1. The average molecular weight is 220 g/mol. The van der Waals surface area contributed by atoms with Crippen LogP contribution in [0.25, 0.3) is 0 Å². The number of hydrogen-bond donors (Lipinski definition) is 2. The van der Waals surface area contributed by atoms with Gasteiger partial charge in [-0.05, 0) is 26.0 Å². The highest BCUT2D eigenvalue weighted by Gasteiger charge is 2.12. The Morgan fingerprint density at radius 2 is 1.75 bits per heavy atom. The smallest absolute Gasteiger partial charge is 0.331 e. The summed E-state index contributed by atoms with van der Waals surface area (Å²) in [5.74, 6) is -1.52. The molecule has 16 heavy (non-hydrogen) atoms. The highest BCUT2D eigenvalue weighted by atomic mass is 16.4. The molecule has 0 aromatic carbocycles. The van der Waals surface area contributed by atoms with E-state index in [1.807, 2.05) is 0 Å². The Labute approximate surface area is 92.8 Å². The summed E-state index contributed by atoms with van der Waals surface area (Å²) in [5, 5.41) is 11.3. The number of hydrogen-bond acceptors (Lipinski definition) is 3. The first-order valence-corrected chi connectivity index (χ1v) is 4.64. The van der Waals surface area contributed by atoms with Gasteiger partial charge in [0.15, 0.2) is 0 Å². The molecule has 0 unspecified atom stereocenters. The molecule has 0 spiro atoms. The van der Waals surface area contributed by atoms with E-state index in [1.54, 1.807) is 24.5 Å². The second kappa shape index (κ2) is 5.06. The predicted octanol–water partition coefficient (Wildman–Crippen LogP) is 1.44. The molecule has 1 amide bonds. The van der Waals surface area contributed by atoms with Crippen LogP contribution in [0.3, 0.4) is 0 Å². The third-order valence-corrected chi connectivity index (χ3v) is 2.16. The first kappa shape index (κ1) is 11.9. The van der Waals surface area contributed by atoms with Crippen LogP contribution < -0.4 is 5.32 Å². The Morgan fingerprint density at radius 1 is 1.19 bits per heavy atom. The van der Waals surface area contributed by atoms with Crippen LogP contribution in [0.15, 0.2) is 35.7 Å². The molecule has 0 aliphatic rings. The second-order valence-electron chi connectivity index (χ2n) is 3.25. The zero-order valence-electron chi connectivity index (χ0n) is 9.02. The van der Waals surface area contributed by atoms with Gasteiger partial charge in [0.25, 0.3) is 5.91 Å². The van der Waals surface area contributed by atoms with Gasteiger partial charge in [-0.2, -0.15) is 0 Å². The first-order valence-electron chi connectivity index (χ1n) is 4.64. The molecule has 5 nitrogen and oxygen atoms in total. The number of pyridine rings is 1. The number of carboxylic acids is 1. The van der Waals surface area contributed by atoms with Gasteiger partial charge in [-0.25, -0.2) is 4.79 Å². The van der Waals surface area contributed by atoms with Gasteiger partial charge in [0.1, 0.15) is 0 Å². The molecule has 0 saturated heterocycles. The van der Waals surface area contributed by atoms with Crippen LogP contribution >= 0.6 is 0 Å². The summed E-state index contributed by atoms with van der Waals surface area (Å²) in [4.78, 5) is 26.1. The summed E-state index contributed by atoms with van der Waals surface area (Å²) in [6.45, 7) is 2.86. The topological polar surface area (TPSA) is 79.3 Å². The van der Waals surface area contributed by atoms with Crippen molar-refractivity contribution in [3.8, 4) is 0 Å². The molecule has 1 aromatic heterocycles. The van der Waals surface area contributed by atoms with E-state index in [0.29, 0.717) is 5.69 Å². The van der Waals surface area contributed by atoms with Gasteiger partial charge in [-0.15, -0.1) is 0 Å². The summed E-state index contributed by atoms with van der Waals surface area (Å²) in [6, 6.07) is 3.25. The van der Waals surface area contributed by atoms with Crippen molar-refractivity contribution in [2.45, 2.75) is 13.8 Å². The minimum absolute atomic E-state index is 0.0338. The van der Waals surface area contributed by atoms with Crippen molar-refractivity contribution in [2.75, 3.05) is 5.32 Å². The highest BCUT2D eigenvalue weighted by Crippen LogP contribution is 2.09. The number of amides is 1. The Morgan fingerprint density at radius 3 is 2.25 bits per heavy atom. The van der Waals surface area contributed by atoms with E-state index in [4.69, 9.17) is 5.11 Å². The number of carbonyl (C=O) groups excluding carboxylic acids is 1. The Balaban J connectivity index is 2.82. The van der Waals surface area contributed by atoms with Crippen LogP contribution in [0.4, 0.5) is 5.69 Å². The summed E-state index contributed by atoms with van der Waals surface area (Å²) < 4.78 is 0. The predicted molar refractivity (Wildman–Crippen MR) is 58.9 cm³/mol. The van der Waals surface area contributed by atoms with Crippen LogP contribution in [0, 0.1) is 0 Å². The van der Waals surface area contributed by atoms with Crippen molar-refractivity contribution in [1.82, 2.24) is 4.98 Å².